The zero-order valence-corrected chi connectivity index (χ0v) is 9.66. The van der Waals surface area contributed by atoms with E-state index in [0.29, 0.717) is 0 Å². The van der Waals surface area contributed by atoms with Gasteiger partial charge in [0, 0.05) is 0 Å². The maximum Gasteiger partial charge on any atom is -0.172 e. The number of rotatable bonds is 1. The average Bonchev–Trinajstić information content (AvgIpc) is 2.62. The van der Waals surface area contributed by atoms with Crippen molar-refractivity contribution in [1.29, 1.82) is 0 Å². The summed E-state index contributed by atoms with van der Waals surface area (Å²) in [6, 6.07) is 10.0. The second-order valence-electron chi connectivity index (χ2n) is 1.46. The molecule has 3 heteroatoms. The summed E-state index contributed by atoms with van der Waals surface area (Å²) >= 11 is -0.556. The Morgan fingerprint density at radius 3 is 1.75 bits per heavy atom. The van der Waals surface area contributed by atoms with Crippen LogP contribution in [0, 0.1) is 6.58 Å². The van der Waals surface area contributed by atoms with Crippen molar-refractivity contribution in [3.05, 3.63) is 55.6 Å². The van der Waals surface area contributed by atoms with E-state index in [1.807, 2.05) is 30.3 Å². The molecule has 0 unspecified atom stereocenters. The molecule has 0 saturated carbocycles. The van der Waals surface area contributed by atoms with E-state index in [1.54, 1.807) is 0 Å². The minimum absolute atomic E-state index is 0.556. The van der Waals surface area contributed by atoms with Crippen LogP contribution in [0.5, 0.6) is 0 Å². The summed E-state index contributed by atoms with van der Waals surface area (Å²) in [5.74, 6) is 0. The Hall–Kier alpha value is 0.124. The summed E-state index contributed by atoms with van der Waals surface area (Å²) < 4.78 is 0. The van der Waals surface area contributed by atoms with Gasteiger partial charge in [0.1, 0.15) is 0 Å². The molecule has 0 saturated heterocycles. The van der Waals surface area contributed by atoms with Crippen molar-refractivity contribution in [2.45, 2.75) is 0 Å². The van der Waals surface area contributed by atoms with Gasteiger partial charge in [-0.1, -0.05) is 0 Å². The third-order valence-electron chi connectivity index (χ3n) is 0.692. The van der Waals surface area contributed by atoms with E-state index >= 15 is 0 Å². The maximum atomic E-state index is 4.89. The third-order valence-corrected chi connectivity index (χ3v) is 0.692. The minimum atomic E-state index is -0.556. The normalized spacial score (nSPS) is 6.17. The molecule has 0 N–H and O–H groups in total. The molecular weight excluding hydrogens is 227 g/mol. The molecule has 66 valence electrons. The standard InChI is InChI=1S/C5H5.C4H5.2ClH.Ti/c1-2-4-5-3-1;1-3-4-2;;;/h1-5H;1,3-4H,2H2;2*1H;/q2*-1;;;+2/p-2. The number of hydrogen-bond donors (Lipinski definition) is 0. The summed E-state index contributed by atoms with van der Waals surface area (Å²) in [5.41, 5.74) is 0. The smallest absolute Gasteiger partial charge is 0.172 e. The summed E-state index contributed by atoms with van der Waals surface area (Å²) in [4.78, 5) is 0. The van der Waals surface area contributed by atoms with E-state index in [4.69, 9.17) is 25.2 Å². The SMILES string of the molecule is [CH-]=CC=C.[Cl][Ti][Cl].c1cc[cH-]c1. The van der Waals surface area contributed by atoms with Crippen LogP contribution < -0.4 is 0 Å². The minimum Gasteiger partial charge on any atom is -0.214 e. The van der Waals surface area contributed by atoms with Crippen molar-refractivity contribution in [2.75, 3.05) is 0 Å². The summed E-state index contributed by atoms with van der Waals surface area (Å²) in [6.45, 7) is 8.08. The Morgan fingerprint density at radius 1 is 1.33 bits per heavy atom. The molecule has 0 heterocycles. The topological polar surface area (TPSA) is 0 Å². The van der Waals surface area contributed by atoms with Gasteiger partial charge in [-0.3, -0.25) is 6.58 Å². The van der Waals surface area contributed by atoms with E-state index in [2.05, 4.69) is 6.58 Å². The quantitative estimate of drug-likeness (QED) is 0.394. The first-order valence-corrected chi connectivity index (χ1v) is 7.42. The van der Waals surface area contributed by atoms with Gasteiger partial charge in [0.15, 0.2) is 0 Å². The molecular formula is C9H10Cl2Ti-2. The van der Waals surface area contributed by atoms with E-state index in [1.165, 1.54) is 12.2 Å². The molecule has 1 aromatic rings. The number of halogens is 2. The van der Waals surface area contributed by atoms with Gasteiger partial charge in [0.05, 0.1) is 0 Å². The Labute approximate surface area is 90.9 Å². The molecule has 0 bridgehead atoms. The molecule has 0 radical (unpaired) electrons. The van der Waals surface area contributed by atoms with Crippen LogP contribution in [0.25, 0.3) is 0 Å². The molecule has 0 amide bonds. The van der Waals surface area contributed by atoms with Crippen molar-refractivity contribution in [3.8, 4) is 0 Å². The van der Waals surface area contributed by atoms with Gasteiger partial charge in [0.25, 0.3) is 0 Å². The Bertz CT molecular complexity index is 136. The average molecular weight is 237 g/mol. The van der Waals surface area contributed by atoms with Gasteiger partial charge in [-0.2, -0.15) is 24.8 Å². The fourth-order valence-electron chi connectivity index (χ4n) is 0.321. The summed E-state index contributed by atoms with van der Waals surface area (Å²) in [6.07, 6.45) is 2.92. The van der Waals surface area contributed by atoms with Crippen molar-refractivity contribution in [3.63, 3.8) is 0 Å². The fourth-order valence-corrected chi connectivity index (χ4v) is 0.321. The summed E-state index contributed by atoms with van der Waals surface area (Å²) in [7, 11) is 9.78. The predicted molar refractivity (Wildman–Crippen MR) is 52.8 cm³/mol. The van der Waals surface area contributed by atoms with Crippen LogP contribution in [0.2, 0.25) is 0 Å². The fraction of sp³-hybridized carbons (Fsp3) is 0. The van der Waals surface area contributed by atoms with Crippen LogP contribution in [0.3, 0.4) is 0 Å². The van der Waals surface area contributed by atoms with Crippen LogP contribution in [0.1, 0.15) is 0 Å². The van der Waals surface area contributed by atoms with Crippen LogP contribution in [0.15, 0.2) is 49.1 Å². The van der Waals surface area contributed by atoms with Crippen molar-refractivity contribution in [2.24, 2.45) is 0 Å². The van der Waals surface area contributed by atoms with Crippen LogP contribution in [-0.4, -0.2) is 0 Å². The van der Waals surface area contributed by atoms with Gasteiger partial charge in [-0.15, -0.1) is 0 Å². The maximum absolute atomic E-state index is 4.89. The first-order valence-electron chi connectivity index (χ1n) is 3.12. The first-order chi connectivity index (χ1) is 5.83. The molecule has 0 atom stereocenters. The van der Waals surface area contributed by atoms with Crippen molar-refractivity contribution >= 4 is 18.6 Å². The zero-order chi connectivity index (χ0) is 9.66. The predicted octanol–water partition coefficient (Wildman–Crippen LogP) is 3.94. The second-order valence-corrected chi connectivity index (χ2v) is 4.04. The van der Waals surface area contributed by atoms with Gasteiger partial charge in [-0.05, 0) is 0 Å². The molecule has 1 rings (SSSR count). The van der Waals surface area contributed by atoms with Crippen LogP contribution >= 0.6 is 18.6 Å². The molecule has 0 aromatic heterocycles. The Balaban J connectivity index is 0. The molecule has 0 aliphatic heterocycles. The molecule has 0 nitrogen and oxygen atoms in total. The zero-order valence-electron chi connectivity index (χ0n) is 6.58. The van der Waals surface area contributed by atoms with Gasteiger partial charge < -0.3 is 0 Å². The van der Waals surface area contributed by atoms with E-state index in [9.17, 15) is 0 Å². The molecule has 0 aliphatic carbocycles. The van der Waals surface area contributed by atoms with Gasteiger partial charge in [0.2, 0.25) is 0 Å². The molecule has 1 aromatic carbocycles. The van der Waals surface area contributed by atoms with Crippen LogP contribution in [0.4, 0.5) is 0 Å². The van der Waals surface area contributed by atoms with Gasteiger partial charge in [-0.25, -0.2) is 24.3 Å². The largest absolute Gasteiger partial charge is 0.214 e. The Morgan fingerprint density at radius 2 is 1.67 bits per heavy atom. The monoisotopic (exact) mass is 236 g/mol. The van der Waals surface area contributed by atoms with E-state index in [-0.39, 0.29) is 0 Å². The van der Waals surface area contributed by atoms with Crippen molar-refractivity contribution in [1.82, 2.24) is 0 Å². The molecule has 0 spiro atoms. The first kappa shape index (κ1) is 14.6. The van der Waals surface area contributed by atoms with Crippen LogP contribution in [-0.2, 0) is 17.0 Å². The third kappa shape index (κ3) is 22.5. The van der Waals surface area contributed by atoms with E-state index < -0.39 is 17.0 Å². The number of allylic oxidation sites excluding steroid dienone is 2. The van der Waals surface area contributed by atoms with Crippen molar-refractivity contribution < 1.29 is 17.0 Å². The molecule has 12 heavy (non-hydrogen) atoms. The van der Waals surface area contributed by atoms with Gasteiger partial charge >= 0.3 is 35.6 Å². The Kier molecular flexibility index (Phi) is 21.1. The second kappa shape index (κ2) is 17.3. The number of hydrogen-bond acceptors (Lipinski definition) is 0. The molecule has 0 aliphatic rings. The van der Waals surface area contributed by atoms with E-state index in [0.717, 1.165) is 0 Å². The summed E-state index contributed by atoms with van der Waals surface area (Å²) in [5, 5.41) is 0. The molecule has 0 fully saturated rings.